The van der Waals surface area contributed by atoms with E-state index in [-0.39, 0.29) is 11.9 Å². The Morgan fingerprint density at radius 1 is 1.35 bits per heavy atom. The highest BCUT2D eigenvalue weighted by Crippen LogP contribution is 2.22. The number of carbonyl (C=O) groups is 1. The Hall–Kier alpha value is -1.69. The van der Waals surface area contributed by atoms with Crippen molar-refractivity contribution in [3.8, 4) is 0 Å². The molecule has 4 nitrogen and oxygen atoms in total. The van der Waals surface area contributed by atoms with Crippen LogP contribution in [-0.2, 0) is 10.4 Å². The lowest BCUT2D eigenvalue weighted by molar-refractivity contribution is -0.116. The van der Waals surface area contributed by atoms with Gasteiger partial charge in [0.15, 0.2) is 0 Å². The number of thiophene rings is 1. The number of benzene rings is 1. The highest BCUT2D eigenvalue weighted by atomic mass is 32.1. The first-order chi connectivity index (χ1) is 10.9. The van der Waals surface area contributed by atoms with Crippen LogP contribution in [0.4, 0.5) is 5.69 Å². The van der Waals surface area contributed by atoms with Gasteiger partial charge >= 0.3 is 0 Å². The number of amides is 1. The van der Waals surface area contributed by atoms with Gasteiger partial charge in [0.05, 0.1) is 5.60 Å². The highest BCUT2D eigenvalue weighted by Gasteiger charge is 2.24. The van der Waals surface area contributed by atoms with Gasteiger partial charge in [-0.05, 0) is 54.8 Å². The molecule has 0 aliphatic heterocycles. The molecule has 2 atom stereocenters. The van der Waals surface area contributed by atoms with Crippen molar-refractivity contribution in [1.29, 1.82) is 0 Å². The molecule has 5 heteroatoms. The van der Waals surface area contributed by atoms with Crippen LogP contribution >= 0.6 is 11.3 Å². The third-order valence-electron chi connectivity index (χ3n) is 3.85. The van der Waals surface area contributed by atoms with Gasteiger partial charge in [0, 0.05) is 24.7 Å². The molecule has 0 spiro atoms. The molecule has 0 aliphatic rings. The summed E-state index contributed by atoms with van der Waals surface area (Å²) in [6.45, 7) is 6.10. The van der Waals surface area contributed by atoms with Gasteiger partial charge in [-0.25, -0.2) is 0 Å². The van der Waals surface area contributed by atoms with E-state index >= 15 is 0 Å². The lowest BCUT2D eigenvalue weighted by atomic mass is 9.99. The monoisotopic (exact) mass is 332 g/mol. The number of aryl methyl sites for hydroxylation is 1. The Morgan fingerprint density at radius 3 is 2.74 bits per heavy atom. The van der Waals surface area contributed by atoms with Gasteiger partial charge in [0.25, 0.3) is 0 Å². The Labute approximate surface area is 141 Å². The van der Waals surface area contributed by atoms with Crippen LogP contribution in [0.5, 0.6) is 0 Å². The average molecular weight is 332 g/mol. The number of hydrogen-bond acceptors (Lipinski definition) is 4. The van der Waals surface area contributed by atoms with Crippen LogP contribution in [0.1, 0.15) is 31.4 Å². The van der Waals surface area contributed by atoms with Crippen LogP contribution in [0, 0.1) is 6.92 Å². The average Bonchev–Trinajstić information content (AvgIpc) is 3.03. The molecule has 124 valence electrons. The minimum Gasteiger partial charge on any atom is -0.384 e. The molecule has 0 saturated heterocycles. The van der Waals surface area contributed by atoms with E-state index in [1.54, 1.807) is 18.3 Å². The first-order valence-electron chi connectivity index (χ1n) is 7.72. The van der Waals surface area contributed by atoms with E-state index in [0.717, 1.165) is 16.8 Å². The summed E-state index contributed by atoms with van der Waals surface area (Å²) in [5.74, 6) is -0.0329. The summed E-state index contributed by atoms with van der Waals surface area (Å²) in [6, 6.07) is 9.61. The number of nitrogens with one attached hydrogen (secondary N) is 2. The lowest BCUT2D eigenvalue weighted by Gasteiger charge is -2.25. The van der Waals surface area contributed by atoms with E-state index < -0.39 is 5.60 Å². The lowest BCUT2D eigenvalue weighted by Crippen LogP contribution is -2.40. The molecule has 0 radical (unpaired) electrons. The van der Waals surface area contributed by atoms with Crippen molar-refractivity contribution in [2.24, 2.45) is 0 Å². The van der Waals surface area contributed by atoms with Gasteiger partial charge in [-0.3, -0.25) is 4.79 Å². The maximum absolute atomic E-state index is 12.1. The molecular formula is C18H24N2O2S. The summed E-state index contributed by atoms with van der Waals surface area (Å²) in [4.78, 5) is 12.1. The minimum atomic E-state index is -0.930. The van der Waals surface area contributed by atoms with Crippen molar-refractivity contribution >= 4 is 22.9 Å². The summed E-state index contributed by atoms with van der Waals surface area (Å²) >= 11 is 1.56. The van der Waals surface area contributed by atoms with Gasteiger partial charge in [-0.1, -0.05) is 18.2 Å². The summed E-state index contributed by atoms with van der Waals surface area (Å²) < 4.78 is 0. The van der Waals surface area contributed by atoms with Crippen molar-refractivity contribution in [2.75, 3.05) is 11.9 Å². The Morgan fingerprint density at radius 2 is 2.09 bits per heavy atom. The fraction of sp³-hybridized carbons (Fsp3) is 0.389. The molecule has 1 heterocycles. The number of aliphatic hydroxyl groups is 1. The number of hydrogen-bond donors (Lipinski definition) is 3. The van der Waals surface area contributed by atoms with Crippen LogP contribution in [-0.4, -0.2) is 23.6 Å². The predicted molar refractivity (Wildman–Crippen MR) is 95.8 cm³/mol. The van der Waals surface area contributed by atoms with Crippen LogP contribution in [0.15, 0.2) is 41.1 Å². The smallest absolute Gasteiger partial charge is 0.225 e. The van der Waals surface area contributed by atoms with Crippen LogP contribution in [0.3, 0.4) is 0 Å². The van der Waals surface area contributed by atoms with Crippen LogP contribution in [0.2, 0.25) is 0 Å². The molecule has 0 saturated carbocycles. The highest BCUT2D eigenvalue weighted by molar-refractivity contribution is 7.08. The molecule has 2 rings (SSSR count). The Bertz CT molecular complexity index is 638. The van der Waals surface area contributed by atoms with Gasteiger partial charge in [0.2, 0.25) is 5.91 Å². The van der Waals surface area contributed by atoms with E-state index in [2.05, 4.69) is 10.6 Å². The molecule has 1 amide bonds. The summed E-state index contributed by atoms with van der Waals surface area (Å²) in [5.41, 5.74) is 1.85. The number of rotatable bonds is 7. The second-order valence-electron chi connectivity index (χ2n) is 6.14. The topological polar surface area (TPSA) is 61.4 Å². The molecule has 2 aromatic rings. The van der Waals surface area contributed by atoms with E-state index in [0.29, 0.717) is 13.0 Å². The molecular weight excluding hydrogens is 308 g/mol. The summed E-state index contributed by atoms with van der Waals surface area (Å²) in [7, 11) is 0. The molecule has 0 fully saturated rings. The fourth-order valence-corrected chi connectivity index (χ4v) is 3.09. The van der Waals surface area contributed by atoms with Crippen LogP contribution in [0.25, 0.3) is 0 Å². The van der Waals surface area contributed by atoms with Crippen molar-refractivity contribution in [2.45, 2.75) is 38.8 Å². The molecule has 23 heavy (non-hydrogen) atoms. The van der Waals surface area contributed by atoms with Crippen molar-refractivity contribution in [3.05, 3.63) is 52.2 Å². The number of para-hydroxylation sites is 1. The normalized spacial score (nSPS) is 15.0. The van der Waals surface area contributed by atoms with Gasteiger partial charge in [0.1, 0.15) is 0 Å². The van der Waals surface area contributed by atoms with Gasteiger partial charge in [-0.2, -0.15) is 11.3 Å². The Balaban J connectivity index is 1.81. The van der Waals surface area contributed by atoms with Gasteiger partial charge < -0.3 is 15.7 Å². The van der Waals surface area contributed by atoms with E-state index in [1.165, 1.54) is 0 Å². The maximum Gasteiger partial charge on any atom is 0.225 e. The van der Waals surface area contributed by atoms with Crippen LogP contribution < -0.4 is 10.6 Å². The molecule has 0 aliphatic carbocycles. The van der Waals surface area contributed by atoms with Crippen molar-refractivity contribution in [1.82, 2.24) is 5.32 Å². The van der Waals surface area contributed by atoms with Crippen molar-refractivity contribution < 1.29 is 9.90 Å². The van der Waals surface area contributed by atoms with Crippen molar-refractivity contribution in [3.63, 3.8) is 0 Å². The first kappa shape index (κ1) is 17.7. The zero-order valence-electron chi connectivity index (χ0n) is 13.8. The zero-order valence-corrected chi connectivity index (χ0v) is 14.6. The summed E-state index contributed by atoms with van der Waals surface area (Å²) in [5, 5.41) is 20.5. The SMILES string of the molecule is Cc1ccccc1NC(=O)CC(C)NCC(C)(O)c1ccsc1. The van der Waals surface area contributed by atoms with E-state index in [1.807, 2.05) is 54.9 Å². The third kappa shape index (κ3) is 5.16. The number of carbonyl (C=O) groups excluding carboxylic acids is 1. The zero-order chi connectivity index (χ0) is 16.9. The minimum absolute atomic E-state index is 0.0240. The van der Waals surface area contributed by atoms with Gasteiger partial charge in [-0.15, -0.1) is 0 Å². The second-order valence-corrected chi connectivity index (χ2v) is 6.92. The van der Waals surface area contributed by atoms with E-state index in [9.17, 15) is 9.90 Å². The molecule has 1 aromatic carbocycles. The largest absolute Gasteiger partial charge is 0.384 e. The molecule has 3 N–H and O–H groups in total. The molecule has 2 unspecified atom stereocenters. The fourth-order valence-electron chi connectivity index (χ4n) is 2.31. The quantitative estimate of drug-likeness (QED) is 0.729. The van der Waals surface area contributed by atoms with E-state index in [4.69, 9.17) is 0 Å². The maximum atomic E-state index is 12.1. The Kier molecular flexibility index (Phi) is 5.93. The number of anilines is 1. The standard InChI is InChI=1S/C18H24N2O2S/c1-13-6-4-5-7-16(13)20-17(21)10-14(2)19-12-18(3,22)15-8-9-23-11-15/h4-9,11,14,19,22H,10,12H2,1-3H3,(H,20,21). The first-order valence-corrected chi connectivity index (χ1v) is 8.66. The summed E-state index contributed by atoms with van der Waals surface area (Å²) in [6.07, 6.45) is 0.355. The third-order valence-corrected chi connectivity index (χ3v) is 4.53. The molecule has 0 bridgehead atoms. The molecule has 1 aromatic heterocycles. The second kappa shape index (κ2) is 7.73. The predicted octanol–water partition coefficient (Wildman–Crippen LogP) is 3.27.